The summed E-state index contributed by atoms with van der Waals surface area (Å²) in [6.45, 7) is 2.29. The normalized spacial score (nSPS) is 18.9. The molecule has 1 fully saturated rings. The fourth-order valence-corrected chi connectivity index (χ4v) is 3.32. The summed E-state index contributed by atoms with van der Waals surface area (Å²) in [6, 6.07) is 6.63. The molecule has 0 saturated carbocycles. The molecule has 1 atom stereocenters. The fourth-order valence-electron chi connectivity index (χ4n) is 2.03. The zero-order valence-electron chi connectivity index (χ0n) is 10.8. The molecule has 1 aromatic rings. The zero-order valence-corrected chi connectivity index (χ0v) is 12.4. The van der Waals surface area contributed by atoms with Gasteiger partial charge in [0.2, 0.25) is 10.0 Å². The number of benzene rings is 1. The predicted octanol–water partition coefficient (Wildman–Crippen LogP) is 1.00. The number of rotatable bonds is 5. The zero-order chi connectivity index (χ0) is 13.0. The van der Waals surface area contributed by atoms with E-state index in [0.717, 1.165) is 19.5 Å². The van der Waals surface area contributed by atoms with Crippen LogP contribution in [0.3, 0.4) is 0 Å². The van der Waals surface area contributed by atoms with Gasteiger partial charge in [-0.25, -0.2) is 13.1 Å². The summed E-state index contributed by atoms with van der Waals surface area (Å²) in [7, 11) is -2.03. The lowest BCUT2D eigenvalue weighted by molar-refractivity contribution is 0.402. The molecule has 1 aliphatic rings. The van der Waals surface area contributed by atoms with E-state index in [-0.39, 0.29) is 17.3 Å². The third-order valence-corrected chi connectivity index (χ3v) is 4.55. The van der Waals surface area contributed by atoms with E-state index in [1.807, 2.05) is 0 Å². The number of halogens is 1. The minimum Gasteiger partial charge on any atom is -0.495 e. The molecule has 0 bridgehead atoms. The smallest absolute Gasteiger partial charge is 0.244 e. The van der Waals surface area contributed by atoms with Crippen LogP contribution in [-0.4, -0.2) is 35.2 Å². The Labute approximate surface area is 120 Å². The van der Waals surface area contributed by atoms with Crippen molar-refractivity contribution in [1.82, 2.24) is 10.0 Å². The summed E-state index contributed by atoms with van der Waals surface area (Å²) in [5.74, 6) is 0.740. The van der Waals surface area contributed by atoms with E-state index in [4.69, 9.17) is 4.74 Å². The molecule has 2 N–H and O–H groups in total. The van der Waals surface area contributed by atoms with Crippen LogP contribution in [0, 0.1) is 5.92 Å². The molecule has 0 aliphatic carbocycles. The molecule has 108 valence electrons. The van der Waals surface area contributed by atoms with Crippen LogP contribution < -0.4 is 14.8 Å². The standard InChI is InChI=1S/C12H18N2O3S.ClH/c1-17-11-4-2-3-5-12(11)18(15,16)14-9-10-6-7-13-8-10;/h2-5,10,13-14H,6-9H2,1H3;1H. The molecule has 0 spiro atoms. The van der Waals surface area contributed by atoms with Crippen molar-refractivity contribution in [3.05, 3.63) is 24.3 Å². The van der Waals surface area contributed by atoms with Crippen LogP contribution in [0.25, 0.3) is 0 Å². The first-order chi connectivity index (χ1) is 8.63. The van der Waals surface area contributed by atoms with Gasteiger partial charge in [0.05, 0.1) is 7.11 Å². The number of sulfonamides is 1. The fraction of sp³-hybridized carbons (Fsp3) is 0.500. The average Bonchev–Trinajstić information content (AvgIpc) is 2.89. The molecule has 0 aromatic heterocycles. The molecule has 1 unspecified atom stereocenters. The molecule has 1 aliphatic heterocycles. The SMILES string of the molecule is COc1ccccc1S(=O)(=O)NCC1CCNC1.Cl. The van der Waals surface area contributed by atoms with Crippen molar-refractivity contribution in [1.29, 1.82) is 0 Å². The molecule has 0 radical (unpaired) electrons. The van der Waals surface area contributed by atoms with Crippen LogP contribution in [0.2, 0.25) is 0 Å². The maximum atomic E-state index is 12.2. The van der Waals surface area contributed by atoms with Gasteiger partial charge in [-0.3, -0.25) is 0 Å². The van der Waals surface area contributed by atoms with E-state index in [9.17, 15) is 8.42 Å². The molecular weight excluding hydrogens is 288 g/mol. The molecular formula is C12H19ClN2O3S. The van der Waals surface area contributed by atoms with E-state index < -0.39 is 10.0 Å². The first-order valence-corrected chi connectivity index (χ1v) is 7.45. The van der Waals surface area contributed by atoms with Crippen molar-refractivity contribution in [2.75, 3.05) is 26.7 Å². The van der Waals surface area contributed by atoms with Crippen LogP contribution >= 0.6 is 12.4 Å². The summed E-state index contributed by atoms with van der Waals surface area (Å²) < 4.78 is 32.0. The second kappa shape index (κ2) is 7.09. The Morgan fingerprint density at radius 2 is 2.16 bits per heavy atom. The maximum Gasteiger partial charge on any atom is 0.244 e. The number of nitrogens with one attached hydrogen (secondary N) is 2. The quantitative estimate of drug-likeness (QED) is 0.852. The van der Waals surface area contributed by atoms with Crippen molar-refractivity contribution >= 4 is 22.4 Å². The number of ether oxygens (including phenoxy) is 1. The lowest BCUT2D eigenvalue weighted by Gasteiger charge is -2.12. The molecule has 5 nitrogen and oxygen atoms in total. The van der Waals surface area contributed by atoms with Crippen molar-refractivity contribution < 1.29 is 13.2 Å². The molecule has 0 amide bonds. The van der Waals surface area contributed by atoms with Crippen molar-refractivity contribution in [2.45, 2.75) is 11.3 Å². The summed E-state index contributed by atoms with van der Waals surface area (Å²) in [4.78, 5) is 0.193. The third kappa shape index (κ3) is 4.07. The molecule has 2 rings (SSSR count). The highest BCUT2D eigenvalue weighted by molar-refractivity contribution is 7.89. The Balaban J connectivity index is 0.00000180. The highest BCUT2D eigenvalue weighted by Gasteiger charge is 2.21. The number of para-hydroxylation sites is 1. The maximum absolute atomic E-state index is 12.2. The van der Waals surface area contributed by atoms with Gasteiger partial charge >= 0.3 is 0 Å². The van der Waals surface area contributed by atoms with Gasteiger partial charge in [0.25, 0.3) is 0 Å². The number of methoxy groups -OCH3 is 1. The summed E-state index contributed by atoms with van der Waals surface area (Å²) >= 11 is 0. The third-order valence-electron chi connectivity index (χ3n) is 3.08. The van der Waals surface area contributed by atoms with Gasteiger partial charge in [-0.2, -0.15) is 0 Å². The lowest BCUT2D eigenvalue weighted by Crippen LogP contribution is -2.30. The number of hydrogen-bond acceptors (Lipinski definition) is 4. The Hall–Kier alpha value is -0.820. The topological polar surface area (TPSA) is 67.4 Å². The van der Waals surface area contributed by atoms with E-state index in [2.05, 4.69) is 10.0 Å². The monoisotopic (exact) mass is 306 g/mol. The van der Waals surface area contributed by atoms with Crippen LogP contribution in [0.4, 0.5) is 0 Å². The average molecular weight is 307 g/mol. The first kappa shape index (κ1) is 16.2. The van der Waals surface area contributed by atoms with E-state index in [1.165, 1.54) is 7.11 Å². The van der Waals surface area contributed by atoms with Gasteiger partial charge in [-0.05, 0) is 37.6 Å². The minimum atomic E-state index is -3.49. The largest absolute Gasteiger partial charge is 0.495 e. The van der Waals surface area contributed by atoms with Crippen molar-refractivity contribution in [3.8, 4) is 5.75 Å². The summed E-state index contributed by atoms with van der Waals surface area (Å²) in [5, 5.41) is 3.21. The molecule has 19 heavy (non-hydrogen) atoms. The van der Waals surface area contributed by atoms with E-state index in [1.54, 1.807) is 24.3 Å². The van der Waals surface area contributed by atoms with Crippen LogP contribution in [0.15, 0.2) is 29.2 Å². The molecule has 1 heterocycles. The predicted molar refractivity (Wildman–Crippen MR) is 76.4 cm³/mol. The molecule has 1 saturated heterocycles. The van der Waals surface area contributed by atoms with Gasteiger partial charge in [0.15, 0.2) is 0 Å². The molecule has 7 heteroatoms. The highest BCUT2D eigenvalue weighted by atomic mass is 35.5. The second-order valence-electron chi connectivity index (χ2n) is 4.36. The van der Waals surface area contributed by atoms with Gasteiger partial charge < -0.3 is 10.1 Å². The van der Waals surface area contributed by atoms with Gasteiger partial charge in [0, 0.05) is 6.54 Å². The van der Waals surface area contributed by atoms with Gasteiger partial charge in [-0.15, -0.1) is 12.4 Å². The summed E-state index contributed by atoms with van der Waals surface area (Å²) in [6.07, 6.45) is 1.01. The number of hydrogen-bond donors (Lipinski definition) is 2. The first-order valence-electron chi connectivity index (χ1n) is 5.97. The van der Waals surface area contributed by atoms with E-state index >= 15 is 0 Å². The Bertz CT molecular complexity index is 501. The minimum absolute atomic E-state index is 0. The van der Waals surface area contributed by atoms with Gasteiger partial charge in [-0.1, -0.05) is 12.1 Å². The summed E-state index contributed by atoms with van der Waals surface area (Å²) in [5.41, 5.74) is 0. The lowest BCUT2D eigenvalue weighted by atomic mass is 10.1. The van der Waals surface area contributed by atoms with Crippen molar-refractivity contribution in [3.63, 3.8) is 0 Å². The van der Waals surface area contributed by atoms with Gasteiger partial charge in [0.1, 0.15) is 10.6 Å². The Kier molecular flexibility index (Phi) is 6.06. The van der Waals surface area contributed by atoms with Crippen LogP contribution in [0.5, 0.6) is 5.75 Å². The van der Waals surface area contributed by atoms with Crippen LogP contribution in [-0.2, 0) is 10.0 Å². The van der Waals surface area contributed by atoms with E-state index in [0.29, 0.717) is 18.2 Å². The Morgan fingerprint density at radius 3 is 2.79 bits per heavy atom. The Morgan fingerprint density at radius 1 is 1.42 bits per heavy atom. The van der Waals surface area contributed by atoms with Crippen molar-refractivity contribution in [2.24, 2.45) is 5.92 Å². The van der Waals surface area contributed by atoms with Crippen LogP contribution in [0.1, 0.15) is 6.42 Å². The molecule has 1 aromatic carbocycles. The second-order valence-corrected chi connectivity index (χ2v) is 6.10. The highest BCUT2D eigenvalue weighted by Crippen LogP contribution is 2.22.